The maximum atomic E-state index is 6.08. The highest BCUT2D eigenvalue weighted by atomic mass is 15.2. The number of nitrogens with zero attached hydrogens (tertiary/aromatic N) is 2. The first kappa shape index (κ1) is 14.4. The fraction of sp³-hybridized carbons (Fsp3) is 0.625. The van der Waals surface area contributed by atoms with Crippen LogP contribution in [0, 0.1) is 0 Å². The Bertz CT molecular complexity index is 403. The van der Waals surface area contributed by atoms with Crippen molar-refractivity contribution in [2.75, 3.05) is 31.6 Å². The van der Waals surface area contributed by atoms with Gasteiger partial charge >= 0.3 is 0 Å². The highest BCUT2D eigenvalue weighted by Crippen LogP contribution is 2.26. The molecule has 0 spiro atoms. The van der Waals surface area contributed by atoms with E-state index in [1.54, 1.807) is 0 Å². The van der Waals surface area contributed by atoms with Crippen LogP contribution in [0.25, 0.3) is 0 Å². The summed E-state index contributed by atoms with van der Waals surface area (Å²) in [5.41, 5.74) is 8.60. The van der Waals surface area contributed by atoms with Crippen LogP contribution in [0.5, 0.6) is 0 Å². The van der Waals surface area contributed by atoms with Crippen molar-refractivity contribution < 1.29 is 0 Å². The van der Waals surface area contributed by atoms with Gasteiger partial charge in [-0.2, -0.15) is 0 Å². The molecule has 0 saturated carbocycles. The Labute approximate surface area is 117 Å². The van der Waals surface area contributed by atoms with Gasteiger partial charge in [0.15, 0.2) is 0 Å². The van der Waals surface area contributed by atoms with Crippen molar-refractivity contribution in [3.63, 3.8) is 0 Å². The number of likely N-dealkylation sites (N-methyl/N-ethyl adjacent to an activating group) is 2. The normalized spacial score (nSPS) is 21.6. The first-order valence-corrected chi connectivity index (χ1v) is 7.43. The first-order valence-electron chi connectivity index (χ1n) is 7.43. The van der Waals surface area contributed by atoms with E-state index in [4.69, 9.17) is 5.73 Å². The molecular weight excluding hydrogens is 234 g/mol. The van der Waals surface area contributed by atoms with Crippen LogP contribution in [0.1, 0.15) is 38.3 Å². The van der Waals surface area contributed by atoms with E-state index in [1.807, 2.05) is 0 Å². The number of benzene rings is 1. The van der Waals surface area contributed by atoms with Crippen LogP contribution in [0.15, 0.2) is 24.3 Å². The van der Waals surface area contributed by atoms with Gasteiger partial charge in [-0.05, 0) is 44.5 Å². The number of anilines is 1. The third kappa shape index (κ3) is 3.28. The Balaban J connectivity index is 2.09. The summed E-state index contributed by atoms with van der Waals surface area (Å²) >= 11 is 0. The maximum absolute atomic E-state index is 6.08. The maximum Gasteiger partial charge on any atom is 0.0412 e. The van der Waals surface area contributed by atoms with Crippen molar-refractivity contribution in [2.24, 2.45) is 5.73 Å². The largest absolute Gasteiger partial charge is 0.373 e. The number of hydrogen-bond acceptors (Lipinski definition) is 3. The van der Waals surface area contributed by atoms with E-state index in [1.165, 1.54) is 30.6 Å². The Hall–Kier alpha value is -1.06. The van der Waals surface area contributed by atoms with Gasteiger partial charge in [-0.15, -0.1) is 0 Å². The molecule has 2 atom stereocenters. The molecule has 0 aliphatic carbocycles. The molecule has 2 N–H and O–H groups in total. The number of likely N-dealkylation sites (tertiary alicyclic amines) is 1. The summed E-state index contributed by atoms with van der Waals surface area (Å²) in [7, 11) is 2.19. The third-order valence-corrected chi connectivity index (χ3v) is 4.23. The molecule has 1 fully saturated rings. The third-order valence-electron chi connectivity index (χ3n) is 4.23. The summed E-state index contributed by atoms with van der Waals surface area (Å²) < 4.78 is 0. The predicted octanol–water partition coefficient (Wildman–Crippen LogP) is 2.63. The summed E-state index contributed by atoms with van der Waals surface area (Å²) in [5.74, 6) is 0. The van der Waals surface area contributed by atoms with E-state index in [0.717, 1.165) is 13.1 Å². The van der Waals surface area contributed by atoms with Crippen molar-refractivity contribution in [3.8, 4) is 0 Å². The van der Waals surface area contributed by atoms with E-state index in [-0.39, 0.29) is 6.04 Å². The Morgan fingerprint density at radius 1 is 1.42 bits per heavy atom. The van der Waals surface area contributed by atoms with Crippen LogP contribution in [-0.4, -0.2) is 37.6 Å². The molecule has 0 radical (unpaired) electrons. The molecule has 2 rings (SSSR count). The number of rotatable bonds is 5. The van der Waals surface area contributed by atoms with Gasteiger partial charge in [-0.3, -0.25) is 4.90 Å². The quantitative estimate of drug-likeness (QED) is 0.884. The van der Waals surface area contributed by atoms with Crippen LogP contribution in [0.4, 0.5) is 5.69 Å². The van der Waals surface area contributed by atoms with Gasteiger partial charge in [-0.25, -0.2) is 0 Å². The van der Waals surface area contributed by atoms with Gasteiger partial charge < -0.3 is 10.6 Å². The summed E-state index contributed by atoms with van der Waals surface area (Å²) in [5, 5.41) is 0. The van der Waals surface area contributed by atoms with Crippen molar-refractivity contribution in [1.29, 1.82) is 0 Å². The lowest BCUT2D eigenvalue weighted by atomic mass is 10.1. The second-order valence-corrected chi connectivity index (χ2v) is 5.65. The number of para-hydroxylation sites is 1. The van der Waals surface area contributed by atoms with Crippen molar-refractivity contribution in [2.45, 2.75) is 38.8 Å². The fourth-order valence-electron chi connectivity index (χ4n) is 3.15. The van der Waals surface area contributed by atoms with Gasteiger partial charge in [0.1, 0.15) is 0 Å². The van der Waals surface area contributed by atoms with Gasteiger partial charge in [0.2, 0.25) is 0 Å². The van der Waals surface area contributed by atoms with Crippen LogP contribution < -0.4 is 10.6 Å². The van der Waals surface area contributed by atoms with Crippen LogP contribution in [-0.2, 0) is 0 Å². The molecule has 3 nitrogen and oxygen atoms in total. The van der Waals surface area contributed by atoms with E-state index < -0.39 is 0 Å². The lowest BCUT2D eigenvalue weighted by Crippen LogP contribution is -2.39. The van der Waals surface area contributed by atoms with Gasteiger partial charge in [0, 0.05) is 31.4 Å². The second-order valence-electron chi connectivity index (χ2n) is 5.65. The molecule has 3 heteroatoms. The minimum absolute atomic E-state index is 0.0875. The summed E-state index contributed by atoms with van der Waals surface area (Å²) in [6.45, 7) is 7.82. The van der Waals surface area contributed by atoms with E-state index in [0.29, 0.717) is 6.04 Å². The Morgan fingerprint density at radius 3 is 2.84 bits per heavy atom. The van der Waals surface area contributed by atoms with E-state index in [2.05, 4.69) is 55.0 Å². The minimum atomic E-state index is 0.0875. The van der Waals surface area contributed by atoms with E-state index >= 15 is 0 Å². The Morgan fingerprint density at radius 2 is 2.16 bits per heavy atom. The topological polar surface area (TPSA) is 32.5 Å². The molecule has 1 heterocycles. The highest BCUT2D eigenvalue weighted by Gasteiger charge is 2.24. The molecule has 1 unspecified atom stereocenters. The van der Waals surface area contributed by atoms with Crippen LogP contribution in [0.2, 0.25) is 0 Å². The first-order chi connectivity index (χ1) is 9.13. The zero-order valence-electron chi connectivity index (χ0n) is 12.5. The van der Waals surface area contributed by atoms with Crippen molar-refractivity contribution in [3.05, 3.63) is 29.8 Å². The second kappa shape index (κ2) is 6.40. The monoisotopic (exact) mass is 261 g/mol. The average Bonchev–Trinajstić information content (AvgIpc) is 2.85. The lowest BCUT2D eigenvalue weighted by Gasteiger charge is -2.30. The predicted molar refractivity (Wildman–Crippen MR) is 82.6 cm³/mol. The van der Waals surface area contributed by atoms with Gasteiger partial charge in [0.25, 0.3) is 0 Å². The molecule has 0 bridgehead atoms. The number of nitrogens with two attached hydrogens (primary N) is 1. The zero-order valence-corrected chi connectivity index (χ0v) is 12.5. The van der Waals surface area contributed by atoms with Gasteiger partial charge in [-0.1, -0.05) is 25.1 Å². The summed E-state index contributed by atoms with van der Waals surface area (Å²) in [4.78, 5) is 4.96. The van der Waals surface area contributed by atoms with Crippen LogP contribution in [0.3, 0.4) is 0 Å². The fourth-order valence-corrected chi connectivity index (χ4v) is 3.15. The molecule has 0 aromatic heterocycles. The highest BCUT2D eigenvalue weighted by molar-refractivity contribution is 5.54. The van der Waals surface area contributed by atoms with Gasteiger partial charge in [0.05, 0.1) is 0 Å². The minimum Gasteiger partial charge on any atom is -0.373 e. The number of hydrogen-bond donors (Lipinski definition) is 1. The summed E-state index contributed by atoms with van der Waals surface area (Å²) in [6.07, 6.45) is 2.65. The molecule has 1 saturated heterocycles. The van der Waals surface area contributed by atoms with Crippen LogP contribution >= 0.6 is 0 Å². The van der Waals surface area contributed by atoms with E-state index in [9.17, 15) is 0 Å². The molecular formula is C16H27N3. The molecule has 1 aliphatic rings. The molecule has 1 aromatic rings. The lowest BCUT2D eigenvalue weighted by molar-refractivity contribution is 0.270. The standard InChI is InChI=1S/C16H27N3/c1-4-19-11-7-8-14(19)12-18(3)16-10-6-5-9-15(16)13(2)17/h5-6,9-10,13-14H,4,7-8,11-12,17H2,1-3H3/t13-,14?/m0/s1. The molecule has 19 heavy (non-hydrogen) atoms. The zero-order chi connectivity index (χ0) is 13.8. The SMILES string of the molecule is CCN1CCCC1CN(C)c1ccccc1[C@H](C)N. The molecule has 1 aromatic carbocycles. The molecule has 1 aliphatic heterocycles. The smallest absolute Gasteiger partial charge is 0.0412 e. The average molecular weight is 261 g/mol. The molecule has 0 amide bonds. The van der Waals surface area contributed by atoms with Crippen molar-refractivity contribution >= 4 is 5.69 Å². The molecule has 106 valence electrons. The summed E-state index contributed by atoms with van der Waals surface area (Å²) in [6, 6.07) is 9.28. The van der Waals surface area contributed by atoms with Crippen molar-refractivity contribution in [1.82, 2.24) is 4.90 Å². The Kier molecular flexibility index (Phi) is 4.83.